The second-order valence-electron chi connectivity index (χ2n) is 7.76. The standard InChI is InChI=1S/C25H28N2O2/c1-3-4-11-21-18-29-23-13-8-12-22-20(14-15-27(21)25(22)23)16-24(28)26(2)17-19-9-6-5-7-10-19/h5-10,12-16,21H,3-4,11,17-18H2,1-2H3/b20-16+. The van der Waals surface area contributed by atoms with E-state index in [2.05, 4.69) is 30.2 Å². The van der Waals surface area contributed by atoms with E-state index in [9.17, 15) is 4.79 Å². The molecular formula is C25H28N2O2. The Hall–Kier alpha value is -3.01. The zero-order chi connectivity index (χ0) is 20.2. The predicted octanol–water partition coefficient (Wildman–Crippen LogP) is 5.01. The Morgan fingerprint density at radius 2 is 2.03 bits per heavy atom. The Kier molecular flexibility index (Phi) is 5.70. The summed E-state index contributed by atoms with van der Waals surface area (Å²) in [5.74, 6) is 0.898. The van der Waals surface area contributed by atoms with Gasteiger partial charge in [0, 0.05) is 31.4 Å². The third-order valence-electron chi connectivity index (χ3n) is 5.62. The summed E-state index contributed by atoms with van der Waals surface area (Å²) in [6.07, 6.45) is 9.38. The van der Waals surface area contributed by atoms with Crippen LogP contribution in [-0.2, 0) is 11.3 Å². The molecule has 0 aliphatic carbocycles. The molecule has 0 saturated carbocycles. The SMILES string of the molecule is CCCCC1COc2cccc3c2N1C=C/C3=C\C(=O)N(C)Cc1ccccc1. The minimum atomic E-state index is -0.00110. The predicted molar refractivity (Wildman–Crippen MR) is 118 cm³/mol. The number of ether oxygens (including phenoxy) is 1. The van der Waals surface area contributed by atoms with Crippen molar-refractivity contribution >= 4 is 17.2 Å². The van der Waals surface area contributed by atoms with Crippen molar-refractivity contribution in [3.05, 3.63) is 78.0 Å². The molecule has 1 unspecified atom stereocenters. The molecule has 0 saturated heterocycles. The van der Waals surface area contributed by atoms with E-state index >= 15 is 0 Å². The fourth-order valence-corrected chi connectivity index (χ4v) is 4.00. The van der Waals surface area contributed by atoms with Crippen LogP contribution < -0.4 is 9.64 Å². The Bertz CT molecular complexity index is 933. The smallest absolute Gasteiger partial charge is 0.247 e. The van der Waals surface area contributed by atoms with Gasteiger partial charge in [-0.2, -0.15) is 0 Å². The lowest BCUT2D eigenvalue weighted by Crippen LogP contribution is -2.41. The highest BCUT2D eigenvalue weighted by atomic mass is 16.5. The summed E-state index contributed by atoms with van der Waals surface area (Å²) in [7, 11) is 1.84. The van der Waals surface area contributed by atoms with Gasteiger partial charge in [-0.15, -0.1) is 0 Å². The van der Waals surface area contributed by atoms with Crippen molar-refractivity contribution in [3.63, 3.8) is 0 Å². The van der Waals surface area contributed by atoms with Crippen LogP contribution in [0, 0.1) is 0 Å². The van der Waals surface area contributed by atoms with Gasteiger partial charge in [0.15, 0.2) is 0 Å². The van der Waals surface area contributed by atoms with Crippen molar-refractivity contribution in [2.75, 3.05) is 18.6 Å². The van der Waals surface area contributed by atoms with Gasteiger partial charge in [-0.3, -0.25) is 4.79 Å². The van der Waals surface area contributed by atoms with E-state index in [0.29, 0.717) is 19.2 Å². The lowest BCUT2D eigenvalue weighted by Gasteiger charge is -2.40. The van der Waals surface area contributed by atoms with Gasteiger partial charge in [0.1, 0.15) is 12.4 Å². The topological polar surface area (TPSA) is 32.8 Å². The maximum atomic E-state index is 12.9. The number of benzene rings is 2. The monoisotopic (exact) mass is 388 g/mol. The first-order valence-electron chi connectivity index (χ1n) is 10.4. The third-order valence-corrected chi connectivity index (χ3v) is 5.62. The number of amides is 1. The highest BCUT2D eigenvalue weighted by molar-refractivity contribution is 6.01. The molecular weight excluding hydrogens is 360 g/mol. The van der Waals surface area contributed by atoms with Crippen LogP contribution in [0.1, 0.15) is 37.3 Å². The van der Waals surface area contributed by atoms with Crippen molar-refractivity contribution in [2.45, 2.75) is 38.8 Å². The van der Waals surface area contributed by atoms with Gasteiger partial charge >= 0.3 is 0 Å². The van der Waals surface area contributed by atoms with Gasteiger partial charge in [0.25, 0.3) is 0 Å². The van der Waals surface area contributed by atoms with Crippen LogP contribution >= 0.6 is 0 Å². The first-order chi connectivity index (χ1) is 14.2. The fraction of sp³-hybridized carbons (Fsp3) is 0.320. The molecule has 0 aromatic heterocycles. The minimum absolute atomic E-state index is 0.00110. The summed E-state index contributed by atoms with van der Waals surface area (Å²) in [6, 6.07) is 16.5. The molecule has 0 radical (unpaired) electrons. The molecule has 29 heavy (non-hydrogen) atoms. The molecule has 2 aliphatic rings. The molecule has 2 heterocycles. The highest BCUT2D eigenvalue weighted by Gasteiger charge is 2.31. The number of unbranched alkanes of at least 4 members (excludes halogenated alkanes) is 1. The van der Waals surface area contributed by atoms with Gasteiger partial charge in [-0.1, -0.05) is 62.2 Å². The largest absolute Gasteiger partial charge is 0.489 e. The van der Waals surface area contributed by atoms with E-state index in [0.717, 1.165) is 34.6 Å². The number of nitrogens with zero attached hydrogens (tertiary/aromatic N) is 2. The van der Waals surface area contributed by atoms with Gasteiger partial charge < -0.3 is 14.5 Å². The molecule has 0 fully saturated rings. The number of carbonyl (C=O) groups excluding carboxylic acids is 1. The Morgan fingerprint density at radius 1 is 1.21 bits per heavy atom. The van der Waals surface area contributed by atoms with E-state index in [1.807, 2.05) is 49.5 Å². The number of allylic oxidation sites excluding steroid dienone is 2. The summed E-state index contributed by atoms with van der Waals surface area (Å²) in [4.78, 5) is 16.9. The van der Waals surface area contributed by atoms with Crippen LogP contribution in [0.4, 0.5) is 5.69 Å². The van der Waals surface area contributed by atoms with Crippen LogP contribution in [-0.4, -0.2) is 30.5 Å². The molecule has 150 valence electrons. The molecule has 2 aromatic rings. The molecule has 0 bridgehead atoms. The van der Waals surface area contributed by atoms with Crippen molar-refractivity contribution < 1.29 is 9.53 Å². The zero-order valence-electron chi connectivity index (χ0n) is 17.2. The quantitative estimate of drug-likeness (QED) is 0.652. The number of rotatable bonds is 6. The van der Waals surface area contributed by atoms with Gasteiger partial charge in [0.05, 0.1) is 11.7 Å². The zero-order valence-corrected chi connectivity index (χ0v) is 17.2. The molecule has 4 heteroatoms. The van der Waals surface area contributed by atoms with Gasteiger partial charge in [-0.25, -0.2) is 0 Å². The van der Waals surface area contributed by atoms with E-state index in [4.69, 9.17) is 4.74 Å². The van der Waals surface area contributed by atoms with Gasteiger partial charge in [0.2, 0.25) is 5.91 Å². The molecule has 0 N–H and O–H groups in total. The van der Waals surface area contributed by atoms with Crippen LogP contribution in [0.3, 0.4) is 0 Å². The summed E-state index contributed by atoms with van der Waals surface area (Å²) in [5.41, 5.74) is 4.21. The summed E-state index contributed by atoms with van der Waals surface area (Å²) in [5, 5.41) is 0. The van der Waals surface area contributed by atoms with Gasteiger partial charge in [-0.05, 0) is 29.7 Å². The minimum Gasteiger partial charge on any atom is -0.489 e. The first-order valence-corrected chi connectivity index (χ1v) is 10.4. The van der Waals surface area contributed by atoms with E-state index in [1.54, 1.807) is 11.0 Å². The molecule has 2 aromatic carbocycles. The van der Waals surface area contributed by atoms with Crippen molar-refractivity contribution in [3.8, 4) is 5.75 Å². The summed E-state index contributed by atoms with van der Waals surface area (Å²) >= 11 is 0. The average Bonchev–Trinajstić information content (AvgIpc) is 2.75. The number of likely N-dealkylation sites (N-methyl/N-ethyl adjacent to an activating group) is 1. The highest BCUT2D eigenvalue weighted by Crippen LogP contribution is 2.44. The molecule has 4 rings (SSSR count). The Labute approximate surface area is 173 Å². The van der Waals surface area contributed by atoms with Crippen LogP contribution in [0.2, 0.25) is 0 Å². The molecule has 4 nitrogen and oxygen atoms in total. The van der Waals surface area contributed by atoms with E-state index in [1.165, 1.54) is 12.8 Å². The molecule has 0 spiro atoms. The molecule has 1 atom stereocenters. The normalized spacial score (nSPS) is 18.3. The van der Waals surface area contributed by atoms with Crippen LogP contribution in [0.15, 0.2) is 66.9 Å². The van der Waals surface area contributed by atoms with Crippen LogP contribution in [0.25, 0.3) is 5.57 Å². The van der Waals surface area contributed by atoms with Crippen LogP contribution in [0.5, 0.6) is 5.75 Å². The number of carbonyl (C=O) groups is 1. The summed E-state index contributed by atoms with van der Waals surface area (Å²) in [6.45, 7) is 3.51. The van der Waals surface area contributed by atoms with E-state index < -0.39 is 0 Å². The Balaban J connectivity index is 1.58. The number of anilines is 1. The second-order valence-corrected chi connectivity index (χ2v) is 7.76. The summed E-state index contributed by atoms with van der Waals surface area (Å²) < 4.78 is 6.06. The fourth-order valence-electron chi connectivity index (χ4n) is 4.00. The van der Waals surface area contributed by atoms with Crippen molar-refractivity contribution in [1.82, 2.24) is 4.90 Å². The third kappa shape index (κ3) is 4.07. The average molecular weight is 389 g/mol. The lowest BCUT2D eigenvalue weighted by atomic mass is 9.95. The number of hydrogen-bond acceptors (Lipinski definition) is 3. The first kappa shape index (κ1) is 19.3. The lowest BCUT2D eigenvalue weighted by molar-refractivity contribution is -0.125. The molecule has 1 amide bonds. The molecule has 2 aliphatic heterocycles. The van der Waals surface area contributed by atoms with Crippen molar-refractivity contribution in [2.24, 2.45) is 0 Å². The second kappa shape index (κ2) is 8.56. The number of hydrogen-bond donors (Lipinski definition) is 0. The Morgan fingerprint density at radius 3 is 2.83 bits per heavy atom. The number of para-hydroxylation sites is 1. The maximum Gasteiger partial charge on any atom is 0.247 e. The maximum absolute atomic E-state index is 12.9. The van der Waals surface area contributed by atoms with Crippen molar-refractivity contribution in [1.29, 1.82) is 0 Å². The van der Waals surface area contributed by atoms with E-state index in [-0.39, 0.29) is 5.91 Å².